The van der Waals surface area contributed by atoms with Crippen molar-refractivity contribution in [1.82, 2.24) is 10.7 Å². The van der Waals surface area contributed by atoms with E-state index >= 15 is 0 Å². The average Bonchev–Trinajstić information content (AvgIpc) is 2.96. The predicted molar refractivity (Wildman–Crippen MR) is 155 cm³/mol. The number of ether oxygens (including phenoxy) is 4. The number of rotatable bonds is 14. The van der Waals surface area contributed by atoms with E-state index in [1.807, 2.05) is 44.2 Å². The van der Waals surface area contributed by atoms with Gasteiger partial charge in [-0.1, -0.05) is 35.9 Å². The molecule has 0 fully saturated rings. The Morgan fingerprint density at radius 2 is 1.70 bits per heavy atom. The van der Waals surface area contributed by atoms with E-state index in [0.717, 1.165) is 11.1 Å². The van der Waals surface area contributed by atoms with Crippen LogP contribution in [0.4, 0.5) is 0 Å². The van der Waals surface area contributed by atoms with Gasteiger partial charge >= 0.3 is 0 Å². The van der Waals surface area contributed by atoms with Crippen LogP contribution in [-0.4, -0.2) is 45.4 Å². The SMILES string of the molecule is C=CCc1cc(C=NNC(=O)CNC(=O)c2ccc(OC)c(OC)c2)cc(OCC)c1OCc1ccc(C)cc1. The molecule has 0 aromatic heterocycles. The van der Waals surface area contributed by atoms with Gasteiger partial charge in [-0.25, -0.2) is 5.43 Å². The molecular formula is C31H35N3O6. The normalized spacial score (nSPS) is 10.6. The third-order valence-corrected chi connectivity index (χ3v) is 5.78. The van der Waals surface area contributed by atoms with Crippen molar-refractivity contribution in [3.63, 3.8) is 0 Å². The van der Waals surface area contributed by atoms with Gasteiger partial charge in [0.05, 0.1) is 33.6 Å². The van der Waals surface area contributed by atoms with Crippen LogP contribution >= 0.6 is 0 Å². The standard InChI is InChI=1S/C31H35N3O6/c1-6-8-24-15-23(16-28(39-7-2)30(24)40-20-22-11-9-21(3)10-12-22)18-33-34-29(35)19-32-31(36)25-13-14-26(37-4)27(17-25)38-5/h6,9-18H,1,7-8,19-20H2,2-5H3,(H,32,36)(H,34,35). The molecule has 0 saturated carbocycles. The number of aryl methyl sites for hydroxylation is 1. The van der Waals surface area contributed by atoms with Crippen LogP contribution in [0.15, 0.2) is 72.4 Å². The number of hydrazone groups is 1. The monoisotopic (exact) mass is 545 g/mol. The minimum atomic E-state index is -0.487. The van der Waals surface area contributed by atoms with Gasteiger partial charge in [0, 0.05) is 11.1 Å². The minimum absolute atomic E-state index is 0.262. The number of nitrogens with zero attached hydrogens (tertiary/aromatic N) is 1. The molecule has 0 heterocycles. The van der Waals surface area contributed by atoms with Crippen LogP contribution in [0, 0.1) is 6.92 Å². The first-order valence-corrected chi connectivity index (χ1v) is 12.8. The van der Waals surface area contributed by atoms with Crippen molar-refractivity contribution in [3.05, 3.63) is 95.1 Å². The number of hydrogen-bond donors (Lipinski definition) is 2. The second kappa shape index (κ2) is 15.0. The summed E-state index contributed by atoms with van der Waals surface area (Å²) in [5.41, 5.74) is 6.57. The highest BCUT2D eigenvalue weighted by atomic mass is 16.5. The fourth-order valence-electron chi connectivity index (χ4n) is 3.79. The maximum absolute atomic E-state index is 12.4. The van der Waals surface area contributed by atoms with Crippen molar-refractivity contribution in [1.29, 1.82) is 0 Å². The van der Waals surface area contributed by atoms with E-state index in [4.69, 9.17) is 18.9 Å². The van der Waals surface area contributed by atoms with Crippen LogP contribution in [-0.2, 0) is 17.8 Å². The van der Waals surface area contributed by atoms with Gasteiger partial charge in [-0.05, 0) is 61.7 Å². The molecule has 0 aliphatic carbocycles. The minimum Gasteiger partial charge on any atom is -0.493 e. The second-order valence-electron chi connectivity index (χ2n) is 8.75. The summed E-state index contributed by atoms with van der Waals surface area (Å²) in [7, 11) is 2.99. The fourth-order valence-corrected chi connectivity index (χ4v) is 3.79. The summed E-state index contributed by atoms with van der Waals surface area (Å²) in [6.45, 7) is 8.37. The van der Waals surface area contributed by atoms with Crippen LogP contribution in [0.25, 0.3) is 0 Å². The van der Waals surface area contributed by atoms with Crippen LogP contribution in [0.3, 0.4) is 0 Å². The first-order valence-electron chi connectivity index (χ1n) is 12.8. The van der Waals surface area contributed by atoms with Gasteiger partial charge in [0.1, 0.15) is 6.61 Å². The lowest BCUT2D eigenvalue weighted by Gasteiger charge is -2.17. The van der Waals surface area contributed by atoms with Gasteiger partial charge < -0.3 is 24.3 Å². The molecule has 0 bridgehead atoms. The zero-order valence-corrected chi connectivity index (χ0v) is 23.3. The van der Waals surface area contributed by atoms with Gasteiger partial charge in [-0.15, -0.1) is 6.58 Å². The lowest BCUT2D eigenvalue weighted by Crippen LogP contribution is -2.34. The Balaban J connectivity index is 1.64. The van der Waals surface area contributed by atoms with E-state index in [1.165, 1.54) is 32.1 Å². The van der Waals surface area contributed by atoms with Gasteiger partial charge in [-0.3, -0.25) is 9.59 Å². The quantitative estimate of drug-likeness (QED) is 0.174. The summed E-state index contributed by atoms with van der Waals surface area (Å²) < 4.78 is 22.4. The Hall–Kier alpha value is -4.79. The van der Waals surface area contributed by atoms with Crippen molar-refractivity contribution in [2.24, 2.45) is 5.10 Å². The molecule has 0 radical (unpaired) electrons. The zero-order chi connectivity index (χ0) is 28.9. The topological polar surface area (TPSA) is 107 Å². The highest BCUT2D eigenvalue weighted by Gasteiger charge is 2.14. The van der Waals surface area contributed by atoms with E-state index in [2.05, 4.69) is 22.4 Å². The highest BCUT2D eigenvalue weighted by Crippen LogP contribution is 2.34. The molecule has 40 heavy (non-hydrogen) atoms. The van der Waals surface area contributed by atoms with E-state index in [0.29, 0.717) is 53.8 Å². The molecular weight excluding hydrogens is 510 g/mol. The summed E-state index contributed by atoms with van der Waals surface area (Å²) in [4.78, 5) is 24.7. The van der Waals surface area contributed by atoms with E-state index in [-0.39, 0.29) is 6.54 Å². The van der Waals surface area contributed by atoms with Gasteiger partial charge in [0.25, 0.3) is 11.8 Å². The average molecular weight is 546 g/mol. The molecule has 0 saturated heterocycles. The predicted octanol–water partition coefficient (Wildman–Crippen LogP) is 4.60. The van der Waals surface area contributed by atoms with Crippen molar-refractivity contribution >= 4 is 18.0 Å². The molecule has 3 rings (SSSR count). The zero-order valence-electron chi connectivity index (χ0n) is 23.3. The molecule has 0 aliphatic heterocycles. The molecule has 2 N–H and O–H groups in total. The third kappa shape index (κ3) is 8.36. The summed E-state index contributed by atoms with van der Waals surface area (Å²) in [6.07, 6.45) is 3.85. The molecule has 210 valence electrons. The van der Waals surface area contributed by atoms with Crippen molar-refractivity contribution in [2.75, 3.05) is 27.4 Å². The lowest BCUT2D eigenvalue weighted by molar-refractivity contribution is -0.120. The van der Waals surface area contributed by atoms with Crippen LogP contribution in [0.2, 0.25) is 0 Å². The molecule has 0 aliphatic rings. The van der Waals surface area contributed by atoms with Crippen molar-refractivity contribution in [2.45, 2.75) is 26.9 Å². The highest BCUT2D eigenvalue weighted by molar-refractivity contribution is 5.97. The molecule has 2 amide bonds. The first kappa shape index (κ1) is 29.8. The number of methoxy groups -OCH3 is 2. The number of benzene rings is 3. The van der Waals surface area contributed by atoms with Gasteiger partial charge in [0.2, 0.25) is 0 Å². The number of hydrogen-bond acceptors (Lipinski definition) is 7. The smallest absolute Gasteiger partial charge is 0.259 e. The Bertz CT molecular complexity index is 1350. The molecule has 3 aromatic carbocycles. The number of amides is 2. The summed E-state index contributed by atoms with van der Waals surface area (Å²) in [6, 6.07) is 16.6. The Kier molecular flexibility index (Phi) is 11.1. The number of carbonyl (C=O) groups excluding carboxylic acids is 2. The Morgan fingerprint density at radius 3 is 2.38 bits per heavy atom. The molecule has 0 atom stereocenters. The van der Waals surface area contributed by atoms with Gasteiger partial charge in [0.15, 0.2) is 23.0 Å². The Labute approximate surface area is 234 Å². The summed E-state index contributed by atoms with van der Waals surface area (Å²) in [5.74, 6) is 1.21. The molecule has 3 aromatic rings. The number of carbonyl (C=O) groups is 2. The van der Waals surface area contributed by atoms with Crippen LogP contribution < -0.4 is 29.7 Å². The van der Waals surface area contributed by atoms with Crippen LogP contribution in [0.5, 0.6) is 23.0 Å². The van der Waals surface area contributed by atoms with Gasteiger partial charge in [-0.2, -0.15) is 5.10 Å². The molecule has 9 nitrogen and oxygen atoms in total. The van der Waals surface area contributed by atoms with Crippen molar-refractivity contribution in [3.8, 4) is 23.0 Å². The van der Waals surface area contributed by atoms with E-state index in [1.54, 1.807) is 24.3 Å². The summed E-state index contributed by atoms with van der Waals surface area (Å²) >= 11 is 0. The van der Waals surface area contributed by atoms with E-state index in [9.17, 15) is 9.59 Å². The lowest BCUT2D eigenvalue weighted by atomic mass is 10.1. The summed E-state index contributed by atoms with van der Waals surface area (Å²) in [5, 5.41) is 6.60. The van der Waals surface area contributed by atoms with E-state index < -0.39 is 11.8 Å². The fraction of sp³-hybridized carbons (Fsp3) is 0.258. The molecule has 0 unspecified atom stereocenters. The van der Waals surface area contributed by atoms with Crippen molar-refractivity contribution < 1.29 is 28.5 Å². The first-order chi connectivity index (χ1) is 19.4. The second-order valence-corrected chi connectivity index (χ2v) is 8.75. The maximum Gasteiger partial charge on any atom is 0.259 e. The number of nitrogens with one attached hydrogen (secondary N) is 2. The Morgan fingerprint density at radius 1 is 0.950 bits per heavy atom. The molecule has 9 heteroatoms. The third-order valence-electron chi connectivity index (χ3n) is 5.78. The number of allylic oxidation sites excluding steroid dienone is 1. The molecule has 0 spiro atoms. The maximum atomic E-state index is 12.4. The largest absolute Gasteiger partial charge is 0.493 e. The van der Waals surface area contributed by atoms with Crippen LogP contribution in [0.1, 0.15) is 39.5 Å².